The molecule has 74 valence electrons. The molecule has 1 unspecified atom stereocenters. The fraction of sp³-hybridized carbons (Fsp3) is 0.400. The molecule has 0 radical (unpaired) electrons. The summed E-state index contributed by atoms with van der Waals surface area (Å²) in [5.74, 6) is 0.286. The zero-order chi connectivity index (χ0) is 9.97. The molecule has 1 aromatic heterocycles. The van der Waals surface area contributed by atoms with E-state index in [1.807, 2.05) is 0 Å². The van der Waals surface area contributed by atoms with Gasteiger partial charge in [-0.1, -0.05) is 11.6 Å². The van der Waals surface area contributed by atoms with Gasteiger partial charge in [-0.15, -0.1) is 0 Å². The second-order valence-corrected chi connectivity index (χ2v) is 3.80. The van der Waals surface area contributed by atoms with Gasteiger partial charge in [-0.05, 0) is 6.07 Å². The molecule has 2 heterocycles. The van der Waals surface area contributed by atoms with Gasteiger partial charge in [0.05, 0.1) is 0 Å². The normalized spacial score (nSPS) is 22.4. The summed E-state index contributed by atoms with van der Waals surface area (Å²) < 4.78 is 0. The number of carbonyl (C=O) groups is 1. The number of hydrogen-bond donors (Lipinski definition) is 1. The largest absolute Gasteiger partial charge is 0.309 e. The van der Waals surface area contributed by atoms with Gasteiger partial charge >= 0.3 is 0 Å². The Morgan fingerprint density at radius 3 is 3.14 bits per heavy atom. The van der Waals surface area contributed by atoms with Crippen molar-refractivity contribution in [1.82, 2.24) is 10.3 Å². The van der Waals surface area contributed by atoms with E-state index < -0.39 is 0 Å². The van der Waals surface area contributed by atoms with Crippen LogP contribution in [0, 0.1) is 0 Å². The summed E-state index contributed by atoms with van der Waals surface area (Å²) in [6.07, 6.45) is 4.51. The molecule has 1 aliphatic heterocycles. The van der Waals surface area contributed by atoms with E-state index in [0.717, 1.165) is 12.1 Å². The van der Waals surface area contributed by atoms with Crippen molar-refractivity contribution in [3.63, 3.8) is 0 Å². The molecular formula is C10H11ClN2O. The van der Waals surface area contributed by atoms with Crippen molar-refractivity contribution in [1.29, 1.82) is 0 Å². The van der Waals surface area contributed by atoms with Gasteiger partial charge in [0, 0.05) is 48.4 Å². The molecule has 14 heavy (non-hydrogen) atoms. The number of rotatable bonds is 1. The minimum atomic E-state index is 0.0393. The predicted molar refractivity (Wildman–Crippen MR) is 54.2 cm³/mol. The second-order valence-electron chi connectivity index (χ2n) is 3.40. The van der Waals surface area contributed by atoms with E-state index in [-0.39, 0.29) is 11.8 Å². The number of aromatic nitrogens is 1. The highest BCUT2D eigenvalue weighted by Gasteiger charge is 2.21. The number of carbonyl (C=O) groups excluding carboxylic acids is 1. The van der Waals surface area contributed by atoms with Gasteiger partial charge < -0.3 is 5.32 Å². The van der Waals surface area contributed by atoms with E-state index >= 15 is 0 Å². The molecule has 1 aromatic rings. The van der Waals surface area contributed by atoms with E-state index in [0.29, 0.717) is 17.9 Å². The minimum Gasteiger partial charge on any atom is -0.309 e. The monoisotopic (exact) mass is 210 g/mol. The molecule has 2 rings (SSSR count). The molecule has 1 atom stereocenters. The third-order valence-corrected chi connectivity index (χ3v) is 2.74. The highest BCUT2D eigenvalue weighted by molar-refractivity contribution is 6.31. The van der Waals surface area contributed by atoms with Crippen LogP contribution in [-0.4, -0.2) is 17.3 Å². The zero-order valence-electron chi connectivity index (χ0n) is 7.66. The van der Waals surface area contributed by atoms with Crippen molar-refractivity contribution in [2.24, 2.45) is 0 Å². The van der Waals surface area contributed by atoms with Crippen LogP contribution in [0.25, 0.3) is 0 Å². The molecule has 1 fully saturated rings. The molecule has 0 bridgehead atoms. The minimum absolute atomic E-state index is 0.0393. The first kappa shape index (κ1) is 9.62. The standard InChI is InChI=1S/C10H11ClN2O/c11-9-2-3-12-6-8(9)10-5-7(14)1-4-13-10/h2-3,6,10,13H,1,4-5H2. The maximum absolute atomic E-state index is 11.3. The Morgan fingerprint density at radius 2 is 2.43 bits per heavy atom. The second kappa shape index (κ2) is 4.07. The molecule has 0 amide bonds. The summed E-state index contributed by atoms with van der Waals surface area (Å²) in [4.78, 5) is 15.3. The van der Waals surface area contributed by atoms with Gasteiger partial charge in [0.25, 0.3) is 0 Å². The maximum Gasteiger partial charge on any atom is 0.136 e. The SMILES string of the molecule is O=C1CCNC(c2cnccc2Cl)C1. The highest BCUT2D eigenvalue weighted by Crippen LogP contribution is 2.26. The average molecular weight is 211 g/mol. The van der Waals surface area contributed by atoms with Crippen LogP contribution in [0.5, 0.6) is 0 Å². The molecular weight excluding hydrogens is 200 g/mol. The summed E-state index contributed by atoms with van der Waals surface area (Å²) in [5.41, 5.74) is 0.919. The van der Waals surface area contributed by atoms with Crippen LogP contribution in [0.1, 0.15) is 24.4 Å². The lowest BCUT2D eigenvalue weighted by molar-refractivity contribution is -0.120. The highest BCUT2D eigenvalue weighted by atomic mass is 35.5. The Hall–Kier alpha value is -0.930. The zero-order valence-corrected chi connectivity index (χ0v) is 8.42. The third kappa shape index (κ3) is 1.94. The van der Waals surface area contributed by atoms with Gasteiger partial charge in [0.1, 0.15) is 5.78 Å². The molecule has 0 saturated carbocycles. The molecule has 1 aliphatic rings. The van der Waals surface area contributed by atoms with Crippen molar-refractivity contribution < 1.29 is 4.79 Å². The smallest absolute Gasteiger partial charge is 0.136 e. The Balaban J connectivity index is 2.22. The summed E-state index contributed by atoms with van der Waals surface area (Å²) in [6, 6.07) is 1.79. The third-order valence-electron chi connectivity index (χ3n) is 2.40. The van der Waals surface area contributed by atoms with E-state index in [1.165, 1.54) is 0 Å². The van der Waals surface area contributed by atoms with Crippen LogP contribution in [-0.2, 0) is 4.79 Å². The van der Waals surface area contributed by atoms with Crippen molar-refractivity contribution >= 4 is 17.4 Å². The van der Waals surface area contributed by atoms with Gasteiger partial charge in [-0.2, -0.15) is 0 Å². The maximum atomic E-state index is 11.3. The molecule has 1 saturated heterocycles. The van der Waals surface area contributed by atoms with Crippen LogP contribution >= 0.6 is 11.6 Å². The summed E-state index contributed by atoms with van der Waals surface area (Å²) in [5, 5.41) is 3.93. The summed E-state index contributed by atoms with van der Waals surface area (Å²) >= 11 is 6.01. The number of nitrogens with zero attached hydrogens (tertiary/aromatic N) is 1. The van der Waals surface area contributed by atoms with Gasteiger partial charge in [-0.25, -0.2) is 0 Å². The van der Waals surface area contributed by atoms with Crippen LogP contribution < -0.4 is 5.32 Å². The quantitative estimate of drug-likeness (QED) is 0.768. The molecule has 3 nitrogen and oxygen atoms in total. The lowest BCUT2D eigenvalue weighted by atomic mass is 9.98. The van der Waals surface area contributed by atoms with Gasteiger partial charge in [-0.3, -0.25) is 9.78 Å². The topological polar surface area (TPSA) is 42.0 Å². The summed E-state index contributed by atoms with van der Waals surface area (Å²) in [6.45, 7) is 0.731. The Labute approximate surface area is 87.5 Å². The van der Waals surface area contributed by atoms with E-state index in [2.05, 4.69) is 10.3 Å². The first-order valence-electron chi connectivity index (χ1n) is 4.62. The van der Waals surface area contributed by atoms with Crippen LogP contribution in [0.3, 0.4) is 0 Å². The molecule has 0 aliphatic carbocycles. The van der Waals surface area contributed by atoms with Crippen molar-refractivity contribution in [2.45, 2.75) is 18.9 Å². The Bertz CT molecular complexity index is 354. The van der Waals surface area contributed by atoms with E-state index in [1.54, 1.807) is 18.5 Å². The lowest BCUT2D eigenvalue weighted by Gasteiger charge is -2.23. The van der Waals surface area contributed by atoms with Crippen molar-refractivity contribution in [3.8, 4) is 0 Å². The van der Waals surface area contributed by atoms with Crippen molar-refractivity contribution in [2.75, 3.05) is 6.54 Å². The first-order chi connectivity index (χ1) is 6.77. The van der Waals surface area contributed by atoms with Gasteiger partial charge in [0.2, 0.25) is 0 Å². The fourth-order valence-corrected chi connectivity index (χ4v) is 1.89. The van der Waals surface area contributed by atoms with Crippen LogP contribution in [0.2, 0.25) is 5.02 Å². The van der Waals surface area contributed by atoms with Gasteiger partial charge in [0.15, 0.2) is 0 Å². The number of ketones is 1. The Kier molecular flexibility index (Phi) is 2.79. The predicted octanol–water partition coefficient (Wildman–Crippen LogP) is 1.73. The van der Waals surface area contributed by atoms with E-state index in [9.17, 15) is 4.79 Å². The number of halogens is 1. The lowest BCUT2D eigenvalue weighted by Crippen LogP contribution is -2.32. The molecule has 0 spiro atoms. The Morgan fingerprint density at radius 1 is 1.57 bits per heavy atom. The number of hydrogen-bond acceptors (Lipinski definition) is 3. The van der Waals surface area contributed by atoms with Crippen LogP contribution in [0.15, 0.2) is 18.5 Å². The number of piperidine rings is 1. The first-order valence-corrected chi connectivity index (χ1v) is 4.99. The number of nitrogens with one attached hydrogen (secondary N) is 1. The molecule has 1 N–H and O–H groups in total. The van der Waals surface area contributed by atoms with Crippen LogP contribution in [0.4, 0.5) is 0 Å². The summed E-state index contributed by atoms with van der Waals surface area (Å²) in [7, 11) is 0. The molecule has 0 aromatic carbocycles. The molecule has 4 heteroatoms. The average Bonchev–Trinajstić information content (AvgIpc) is 2.18. The number of pyridine rings is 1. The van der Waals surface area contributed by atoms with E-state index in [4.69, 9.17) is 11.6 Å². The number of Topliss-reactive ketones (excluding diaryl/α,β-unsaturated/α-hetero) is 1. The fourth-order valence-electron chi connectivity index (χ4n) is 1.65. The van der Waals surface area contributed by atoms with Crippen molar-refractivity contribution in [3.05, 3.63) is 29.0 Å².